The fourth-order valence-electron chi connectivity index (χ4n) is 1.34. The van der Waals surface area contributed by atoms with E-state index in [0.29, 0.717) is 0 Å². The van der Waals surface area contributed by atoms with Crippen molar-refractivity contribution in [2.75, 3.05) is 12.0 Å². The zero-order valence-corrected chi connectivity index (χ0v) is 11.4. The number of hydrogen-bond acceptors (Lipinski definition) is 6. The fraction of sp³-hybridized carbons (Fsp3) is 0.333. The normalized spacial score (nSPS) is 11.9. The third kappa shape index (κ3) is 5.38. The van der Waals surface area contributed by atoms with Crippen LogP contribution in [0, 0.1) is 10.1 Å². The lowest BCUT2D eigenvalue weighted by Crippen LogP contribution is -2.27. The number of halogens is 3. The Morgan fingerprint density at radius 3 is 2.41 bits per heavy atom. The molecule has 7 nitrogen and oxygen atoms in total. The Kier molecular flexibility index (Phi) is 5.84. The lowest BCUT2D eigenvalue weighted by molar-refractivity contribution is -0.384. The summed E-state index contributed by atoms with van der Waals surface area (Å²) in [6.45, 7) is 1.43. The van der Waals surface area contributed by atoms with Crippen LogP contribution in [-0.4, -0.2) is 29.4 Å². The summed E-state index contributed by atoms with van der Waals surface area (Å²) in [5.41, 5.74) is 0.642. The second-order valence-corrected chi connectivity index (χ2v) is 3.95. The number of hydrazone groups is 1. The molecule has 0 saturated heterocycles. The average Bonchev–Trinajstić information content (AvgIpc) is 2.43. The summed E-state index contributed by atoms with van der Waals surface area (Å²) >= 11 is 0. The molecule has 0 bridgehead atoms. The van der Waals surface area contributed by atoms with Crippen molar-refractivity contribution in [2.45, 2.75) is 19.5 Å². The van der Waals surface area contributed by atoms with Crippen LogP contribution >= 0.6 is 0 Å². The monoisotopic (exact) mass is 319 g/mol. The van der Waals surface area contributed by atoms with Gasteiger partial charge in [-0.15, -0.1) is 0 Å². The van der Waals surface area contributed by atoms with Crippen molar-refractivity contribution in [3.63, 3.8) is 0 Å². The van der Waals surface area contributed by atoms with Crippen molar-refractivity contribution in [1.82, 2.24) is 0 Å². The second kappa shape index (κ2) is 7.38. The maximum absolute atomic E-state index is 12.7. The molecule has 0 unspecified atom stereocenters. The van der Waals surface area contributed by atoms with E-state index in [4.69, 9.17) is 0 Å². The molecule has 0 aliphatic rings. The zero-order valence-electron chi connectivity index (χ0n) is 11.4. The molecule has 1 aromatic rings. The van der Waals surface area contributed by atoms with Crippen molar-refractivity contribution < 1.29 is 27.6 Å². The minimum atomic E-state index is -4.81. The van der Waals surface area contributed by atoms with Gasteiger partial charge in [-0.1, -0.05) is 0 Å². The van der Waals surface area contributed by atoms with E-state index in [1.807, 2.05) is 0 Å². The summed E-state index contributed by atoms with van der Waals surface area (Å²) in [7, 11) is 0. The highest BCUT2D eigenvalue weighted by Gasteiger charge is 2.37. The number of alkyl halides is 3. The summed E-state index contributed by atoms with van der Waals surface area (Å²) < 4.78 is 42.6. The molecule has 1 N–H and O–H groups in total. The Morgan fingerprint density at radius 2 is 1.95 bits per heavy atom. The fourth-order valence-corrected chi connectivity index (χ4v) is 1.34. The molecule has 0 radical (unpaired) electrons. The van der Waals surface area contributed by atoms with Crippen LogP contribution in [0.5, 0.6) is 0 Å². The summed E-state index contributed by atoms with van der Waals surface area (Å²) in [6.07, 6.45) is -5.84. The highest BCUT2D eigenvalue weighted by atomic mass is 19.4. The molecule has 0 spiro atoms. The van der Waals surface area contributed by atoms with Crippen molar-refractivity contribution in [3.8, 4) is 0 Å². The molecule has 0 fully saturated rings. The smallest absolute Gasteiger partial charge is 0.431 e. The van der Waals surface area contributed by atoms with E-state index in [0.717, 1.165) is 12.1 Å². The summed E-state index contributed by atoms with van der Waals surface area (Å²) in [5, 5.41) is 13.6. The number of carbonyl (C=O) groups is 1. The van der Waals surface area contributed by atoms with E-state index in [1.165, 1.54) is 19.1 Å². The average molecular weight is 319 g/mol. The highest BCUT2D eigenvalue weighted by Crippen LogP contribution is 2.21. The van der Waals surface area contributed by atoms with Gasteiger partial charge in [0, 0.05) is 12.1 Å². The topological polar surface area (TPSA) is 93.8 Å². The molecular weight excluding hydrogens is 307 g/mol. The van der Waals surface area contributed by atoms with Crippen molar-refractivity contribution in [1.29, 1.82) is 0 Å². The van der Waals surface area contributed by atoms with Gasteiger partial charge in [0.15, 0.2) is 5.71 Å². The number of carbonyl (C=O) groups excluding carboxylic acids is 1. The van der Waals surface area contributed by atoms with Gasteiger partial charge in [0.2, 0.25) is 0 Å². The summed E-state index contributed by atoms with van der Waals surface area (Å²) in [6, 6.07) is 4.60. The number of hydrogen-bond donors (Lipinski definition) is 1. The minimum Gasteiger partial charge on any atom is -0.466 e. The third-order valence-corrected chi connectivity index (χ3v) is 2.34. The van der Waals surface area contributed by atoms with Gasteiger partial charge in [0.05, 0.1) is 23.6 Å². The van der Waals surface area contributed by atoms with Crippen LogP contribution < -0.4 is 5.43 Å². The largest absolute Gasteiger partial charge is 0.466 e. The quantitative estimate of drug-likeness (QED) is 0.376. The predicted octanol–water partition coefficient (Wildman–Crippen LogP) is 2.88. The Balaban J connectivity index is 2.84. The number of nitrogens with one attached hydrogen (secondary N) is 1. The molecular formula is C12H12F3N3O4. The Morgan fingerprint density at radius 1 is 1.36 bits per heavy atom. The lowest BCUT2D eigenvalue weighted by Gasteiger charge is -2.10. The first kappa shape index (κ1) is 17.4. The molecule has 22 heavy (non-hydrogen) atoms. The molecule has 0 aliphatic carbocycles. The third-order valence-electron chi connectivity index (χ3n) is 2.34. The first-order valence-corrected chi connectivity index (χ1v) is 6.04. The van der Waals surface area contributed by atoms with Crippen LogP contribution in [0.4, 0.5) is 24.5 Å². The number of esters is 1. The molecule has 1 rings (SSSR count). The van der Waals surface area contributed by atoms with Gasteiger partial charge in [-0.05, 0) is 19.1 Å². The second-order valence-electron chi connectivity index (χ2n) is 3.95. The van der Waals surface area contributed by atoms with Crippen LogP contribution in [-0.2, 0) is 9.53 Å². The number of anilines is 1. The van der Waals surface area contributed by atoms with E-state index in [-0.39, 0.29) is 18.0 Å². The molecule has 120 valence electrons. The maximum Gasteiger partial charge on any atom is 0.431 e. The first-order valence-electron chi connectivity index (χ1n) is 6.04. The van der Waals surface area contributed by atoms with E-state index in [2.05, 4.69) is 15.3 Å². The molecule has 10 heteroatoms. The molecule has 0 saturated carbocycles. The van der Waals surface area contributed by atoms with Crippen LogP contribution in [0.2, 0.25) is 0 Å². The molecule has 0 atom stereocenters. The van der Waals surface area contributed by atoms with Gasteiger partial charge < -0.3 is 4.74 Å². The Bertz CT molecular complexity index is 570. The van der Waals surface area contributed by atoms with Gasteiger partial charge in [-0.25, -0.2) is 0 Å². The lowest BCUT2D eigenvalue weighted by atomic mass is 10.2. The molecule has 0 aromatic heterocycles. The molecule has 0 heterocycles. The number of benzene rings is 1. The number of nitro groups is 1. The minimum absolute atomic E-state index is 0.0419. The van der Waals surface area contributed by atoms with Crippen LogP contribution in [0.3, 0.4) is 0 Å². The first-order chi connectivity index (χ1) is 10.2. The predicted molar refractivity (Wildman–Crippen MR) is 71.5 cm³/mol. The molecule has 0 aliphatic heterocycles. The van der Waals surface area contributed by atoms with Crippen LogP contribution in [0.25, 0.3) is 0 Å². The molecule has 1 aromatic carbocycles. The van der Waals surface area contributed by atoms with E-state index in [1.54, 1.807) is 0 Å². The van der Waals surface area contributed by atoms with Gasteiger partial charge in [0.25, 0.3) is 5.69 Å². The van der Waals surface area contributed by atoms with E-state index < -0.39 is 29.2 Å². The Hall–Kier alpha value is -2.65. The highest BCUT2D eigenvalue weighted by molar-refractivity contribution is 6.02. The van der Waals surface area contributed by atoms with Crippen molar-refractivity contribution >= 4 is 23.1 Å². The summed E-state index contributed by atoms with van der Waals surface area (Å²) in [4.78, 5) is 20.9. The van der Waals surface area contributed by atoms with E-state index in [9.17, 15) is 28.1 Å². The molecule has 0 amide bonds. The van der Waals surface area contributed by atoms with Crippen LogP contribution in [0.1, 0.15) is 13.3 Å². The van der Waals surface area contributed by atoms with E-state index >= 15 is 0 Å². The number of rotatable bonds is 6. The number of ether oxygens (including phenoxy) is 1. The number of nitrogens with zero attached hydrogens (tertiary/aromatic N) is 2. The summed E-state index contributed by atoms with van der Waals surface area (Å²) in [5.74, 6) is -1.05. The van der Waals surface area contributed by atoms with Gasteiger partial charge in [0.1, 0.15) is 0 Å². The number of non-ortho nitro benzene ring substituents is 1. The number of nitro benzene ring substituents is 1. The zero-order chi connectivity index (χ0) is 16.8. The van der Waals surface area contributed by atoms with Gasteiger partial charge in [-0.2, -0.15) is 18.3 Å². The van der Waals surface area contributed by atoms with Crippen LogP contribution in [0.15, 0.2) is 29.4 Å². The Labute approximate surface area is 122 Å². The van der Waals surface area contributed by atoms with Gasteiger partial charge in [-0.3, -0.25) is 20.3 Å². The van der Waals surface area contributed by atoms with Crippen molar-refractivity contribution in [2.24, 2.45) is 5.10 Å². The van der Waals surface area contributed by atoms with Crippen molar-refractivity contribution in [3.05, 3.63) is 34.4 Å². The standard InChI is InChI=1S/C12H12F3N3O4/c1-2-22-11(19)7-10(12(13,14)15)17-16-8-3-5-9(6-4-8)18(20)21/h3-6,16H,2,7H2,1H3. The van der Waals surface area contributed by atoms with Gasteiger partial charge >= 0.3 is 12.1 Å². The maximum atomic E-state index is 12.7. The SMILES string of the molecule is CCOC(=O)CC(=NNc1ccc([N+](=O)[O-])cc1)C(F)(F)F.